The largest absolute Gasteiger partial charge is 0.756 e. The van der Waals surface area contributed by atoms with Crippen LogP contribution < -0.4 is 10.2 Å². The van der Waals surface area contributed by atoms with Gasteiger partial charge in [0, 0.05) is 12.8 Å². The zero-order valence-electron chi connectivity index (χ0n) is 54.4. The van der Waals surface area contributed by atoms with Crippen molar-refractivity contribution in [1.29, 1.82) is 0 Å². The summed E-state index contributed by atoms with van der Waals surface area (Å²) in [6.45, 7) is 6.77. The van der Waals surface area contributed by atoms with Crippen molar-refractivity contribution in [1.82, 2.24) is 5.32 Å². The van der Waals surface area contributed by atoms with E-state index in [0.717, 1.165) is 70.6 Å². The number of esters is 1. The molecule has 0 rings (SSSR count). The first-order chi connectivity index (χ1) is 39.9. The lowest BCUT2D eigenvalue weighted by Crippen LogP contribution is -2.47. The fourth-order valence-corrected chi connectivity index (χ4v) is 10.4. The third-order valence-corrected chi connectivity index (χ3v) is 16.0. The maximum absolute atomic E-state index is 13.6. The molecule has 0 radical (unpaired) electrons. The van der Waals surface area contributed by atoms with Crippen LogP contribution in [0, 0.1) is 0 Å². The maximum Gasteiger partial charge on any atom is 0.306 e. The molecule has 82 heavy (non-hydrogen) atoms. The van der Waals surface area contributed by atoms with E-state index in [1.807, 2.05) is 33.3 Å². The summed E-state index contributed by atoms with van der Waals surface area (Å²) in [7, 11) is 1.16. The van der Waals surface area contributed by atoms with Crippen molar-refractivity contribution < 1.29 is 37.3 Å². The summed E-state index contributed by atoms with van der Waals surface area (Å²) < 4.78 is 30.3. The number of allylic oxidation sites excluding steroid dienone is 13. The Balaban J connectivity index is 5.09. The van der Waals surface area contributed by atoms with Crippen molar-refractivity contribution in [3.05, 3.63) is 85.1 Å². The number of quaternary nitrogens is 1. The highest BCUT2D eigenvalue weighted by atomic mass is 31.2. The number of carbonyl (C=O) groups excluding carboxylic acids is 2. The van der Waals surface area contributed by atoms with E-state index in [9.17, 15) is 19.0 Å². The molecular formula is C72H131N2O7P. The van der Waals surface area contributed by atoms with Crippen molar-refractivity contribution in [2.24, 2.45) is 0 Å². The summed E-state index contributed by atoms with van der Waals surface area (Å²) in [5.41, 5.74) is 0. The molecule has 10 heteroatoms. The number of likely N-dealkylation sites (N-methyl/N-ethyl adjacent to an activating group) is 1. The smallest absolute Gasteiger partial charge is 0.306 e. The normalized spacial score (nSPS) is 14.1. The molecule has 0 aliphatic carbocycles. The lowest BCUT2D eigenvalue weighted by atomic mass is 10.0. The Kier molecular flexibility index (Phi) is 59.2. The number of amides is 1. The number of unbranched alkanes of at least 4 members (excludes halogenated alkanes) is 34. The summed E-state index contributed by atoms with van der Waals surface area (Å²) in [5, 5.41) is 3.03. The van der Waals surface area contributed by atoms with Crippen LogP contribution in [0.4, 0.5) is 0 Å². The van der Waals surface area contributed by atoms with Gasteiger partial charge in [-0.05, 0) is 102 Å². The molecule has 1 amide bonds. The summed E-state index contributed by atoms with van der Waals surface area (Å²) in [6.07, 6.45) is 81.5. The van der Waals surface area contributed by atoms with E-state index in [2.05, 4.69) is 99.0 Å². The Labute approximate surface area is 507 Å². The Bertz CT molecular complexity index is 1680. The van der Waals surface area contributed by atoms with Gasteiger partial charge in [-0.25, -0.2) is 0 Å². The van der Waals surface area contributed by atoms with E-state index in [1.165, 1.54) is 199 Å². The number of hydrogen-bond donors (Lipinski definition) is 1. The molecule has 0 bridgehead atoms. The van der Waals surface area contributed by atoms with E-state index in [1.54, 1.807) is 0 Å². The quantitative estimate of drug-likeness (QED) is 0.0212. The van der Waals surface area contributed by atoms with Crippen molar-refractivity contribution >= 4 is 19.7 Å². The number of hydrogen-bond acceptors (Lipinski definition) is 7. The summed E-state index contributed by atoms with van der Waals surface area (Å²) >= 11 is 0. The topological polar surface area (TPSA) is 114 Å². The molecule has 0 saturated carbocycles. The Hall–Kier alpha value is -2.81. The SMILES string of the molecule is CCCCC/C=C\C/C=C\C/C=C\C/C=C\CCCC(=O)OC(/C=C\CCCCCCCCCCCC)C(COP(=O)([O-])OCC[N+](C)(C)C)NC(=O)CCCCCCCCCCCCCCCCCCC/C=C\C/C=C\CCCCC. The van der Waals surface area contributed by atoms with Gasteiger partial charge in [0.25, 0.3) is 7.82 Å². The van der Waals surface area contributed by atoms with E-state index in [-0.39, 0.29) is 18.9 Å². The maximum atomic E-state index is 13.6. The summed E-state index contributed by atoms with van der Waals surface area (Å²) in [4.78, 5) is 40.1. The number of rotatable bonds is 62. The lowest BCUT2D eigenvalue weighted by molar-refractivity contribution is -0.870. The predicted octanol–water partition coefficient (Wildman–Crippen LogP) is 21.1. The van der Waals surface area contributed by atoms with Gasteiger partial charge in [-0.1, -0.05) is 280 Å². The first-order valence-corrected chi connectivity index (χ1v) is 35.9. The van der Waals surface area contributed by atoms with Crippen LogP contribution in [0.5, 0.6) is 0 Å². The fraction of sp³-hybridized carbons (Fsp3) is 0.778. The molecule has 0 spiro atoms. The van der Waals surface area contributed by atoms with E-state index in [4.69, 9.17) is 13.8 Å². The zero-order valence-corrected chi connectivity index (χ0v) is 55.3. The molecule has 1 N–H and O–H groups in total. The van der Waals surface area contributed by atoms with Crippen LogP contribution in [-0.4, -0.2) is 69.4 Å². The molecule has 476 valence electrons. The second-order valence-corrected chi connectivity index (χ2v) is 25.7. The average molecular weight is 1170 g/mol. The van der Waals surface area contributed by atoms with Crippen LogP contribution in [0.25, 0.3) is 0 Å². The van der Waals surface area contributed by atoms with E-state index in [0.29, 0.717) is 23.9 Å². The highest BCUT2D eigenvalue weighted by Crippen LogP contribution is 2.38. The minimum absolute atomic E-state index is 0.0324. The molecule has 3 unspecified atom stereocenters. The van der Waals surface area contributed by atoms with Crippen molar-refractivity contribution in [2.45, 2.75) is 322 Å². The highest BCUT2D eigenvalue weighted by molar-refractivity contribution is 7.45. The van der Waals surface area contributed by atoms with Gasteiger partial charge in [-0.2, -0.15) is 0 Å². The highest BCUT2D eigenvalue weighted by Gasteiger charge is 2.27. The summed E-state index contributed by atoms with van der Waals surface area (Å²) in [6, 6.07) is -0.913. The van der Waals surface area contributed by atoms with Crippen molar-refractivity contribution in [2.75, 3.05) is 40.9 Å². The Morgan fingerprint density at radius 2 is 0.756 bits per heavy atom. The second-order valence-electron chi connectivity index (χ2n) is 24.3. The van der Waals surface area contributed by atoms with Gasteiger partial charge in [-0.3, -0.25) is 14.2 Å². The number of phosphoric ester groups is 1. The minimum atomic E-state index is -4.72. The molecule has 3 atom stereocenters. The van der Waals surface area contributed by atoms with Gasteiger partial charge >= 0.3 is 5.97 Å². The van der Waals surface area contributed by atoms with Gasteiger partial charge in [0.2, 0.25) is 5.91 Å². The number of carbonyl (C=O) groups is 2. The first kappa shape index (κ1) is 79.2. The lowest BCUT2D eigenvalue weighted by Gasteiger charge is -2.30. The Morgan fingerprint density at radius 1 is 0.427 bits per heavy atom. The molecule has 0 aromatic carbocycles. The van der Waals surface area contributed by atoms with Crippen LogP contribution in [0.1, 0.15) is 310 Å². The minimum Gasteiger partial charge on any atom is -0.756 e. The number of nitrogens with zero attached hydrogens (tertiary/aromatic N) is 1. The monoisotopic (exact) mass is 1170 g/mol. The molecule has 9 nitrogen and oxygen atoms in total. The molecule has 0 aliphatic heterocycles. The molecule has 0 heterocycles. The van der Waals surface area contributed by atoms with Crippen LogP contribution >= 0.6 is 7.82 Å². The van der Waals surface area contributed by atoms with Crippen molar-refractivity contribution in [3.63, 3.8) is 0 Å². The van der Waals surface area contributed by atoms with Crippen LogP contribution in [0.3, 0.4) is 0 Å². The molecule has 0 fully saturated rings. The predicted molar refractivity (Wildman–Crippen MR) is 353 cm³/mol. The zero-order chi connectivity index (χ0) is 60.0. The standard InChI is InChI=1S/C72H131N2O7P/c1-7-10-13-16-19-22-25-28-30-32-33-34-35-36-37-38-39-40-41-43-44-46-49-52-55-58-61-64-71(75)73-69(68-80-82(77,78)79-67-66-74(4,5)6)70(63-60-57-54-51-48-27-24-21-18-15-12-9-3)81-72(76)65-62-59-56-53-50-47-45-42-31-29-26-23-20-17-14-11-8-2/h19-20,22-23,28-31,45,47,53,56,60,63,69-70H,7-18,21,24-27,32-44,46,48-52,54-55,57-59,61-62,64-68H2,1-6H3,(H-,73,75,77,78)/b22-19-,23-20-,30-28-,31-29-,47-45-,56-53-,63-60-. The molecule has 0 aromatic heterocycles. The second kappa shape index (κ2) is 61.3. The average Bonchev–Trinajstić information content (AvgIpc) is 3.44. The van der Waals surface area contributed by atoms with Gasteiger partial charge in [0.05, 0.1) is 33.8 Å². The first-order valence-electron chi connectivity index (χ1n) is 34.4. The van der Waals surface area contributed by atoms with E-state index >= 15 is 0 Å². The van der Waals surface area contributed by atoms with Gasteiger partial charge in [0.15, 0.2) is 0 Å². The third kappa shape index (κ3) is 61.7. The molecule has 0 saturated heterocycles. The fourth-order valence-electron chi connectivity index (χ4n) is 9.72. The molecule has 0 aliphatic rings. The van der Waals surface area contributed by atoms with Gasteiger partial charge in [0.1, 0.15) is 19.3 Å². The van der Waals surface area contributed by atoms with Gasteiger partial charge in [-0.15, -0.1) is 0 Å². The summed E-state index contributed by atoms with van der Waals surface area (Å²) in [5.74, 6) is -0.601. The van der Waals surface area contributed by atoms with Crippen molar-refractivity contribution in [3.8, 4) is 0 Å². The van der Waals surface area contributed by atoms with E-state index < -0.39 is 32.5 Å². The van der Waals surface area contributed by atoms with Crippen LogP contribution in [0.2, 0.25) is 0 Å². The van der Waals surface area contributed by atoms with Crippen LogP contribution in [0.15, 0.2) is 85.1 Å². The number of nitrogens with one attached hydrogen (secondary N) is 1. The molecule has 0 aromatic rings. The van der Waals surface area contributed by atoms with Crippen LogP contribution in [-0.2, 0) is 27.9 Å². The molecular weight excluding hydrogens is 1040 g/mol. The number of ether oxygens (including phenoxy) is 1. The van der Waals surface area contributed by atoms with Gasteiger partial charge < -0.3 is 28.5 Å². The Morgan fingerprint density at radius 3 is 1.16 bits per heavy atom. The number of phosphoric acid groups is 1. The third-order valence-electron chi connectivity index (χ3n) is 15.0.